The summed E-state index contributed by atoms with van der Waals surface area (Å²) in [5.74, 6) is -2.13. The van der Waals surface area contributed by atoms with Crippen LogP contribution in [0.5, 0.6) is 0 Å². The number of benzene rings is 1. The van der Waals surface area contributed by atoms with Gasteiger partial charge in [0, 0.05) is 10.5 Å². The molecule has 0 heterocycles. The van der Waals surface area contributed by atoms with E-state index in [1.807, 2.05) is 20.8 Å². The largest absolute Gasteiger partial charge is 0.349 e. The zero-order chi connectivity index (χ0) is 14.6. The molecule has 106 valence electrons. The van der Waals surface area contributed by atoms with Gasteiger partial charge < -0.3 is 5.32 Å². The zero-order valence-corrected chi connectivity index (χ0v) is 12.9. The second-order valence-corrected chi connectivity index (χ2v) is 5.50. The Bertz CT molecular complexity index is 438. The van der Waals surface area contributed by atoms with E-state index in [-0.39, 0.29) is 10.5 Å². The van der Waals surface area contributed by atoms with Crippen molar-refractivity contribution >= 4 is 21.8 Å². The van der Waals surface area contributed by atoms with Crippen molar-refractivity contribution in [2.75, 3.05) is 0 Å². The van der Waals surface area contributed by atoms with Crippen LogP contribution >= 0.6 is 15.9 Å². The highest BCUT2D eigenvalue weighted by Gasteiger charge is 2.22. The van der Waals surface area contributed by atoms with Crippen LogP contribution in [0.15, 0.2) is 16.6 Å². The third kappa shape index (κ3) is 4.00. The van der Waals surface area contributed by atoms with Gasteiger partial charge in [0.15, 0.2) is 0 Å². The lowest BCUT2D eigenvalue weighted by atomic mass is 9.95. The molecule has 0 aliphatic heterocycles. The highest BCUT2D eigenvalue weighted by Crippen LogP contribution is 2.20. The van der Waals surface area contributed by atoms with E-state index < -0.39 is 23.1 Å². The average molecular weight is 334 g/mol. The van der Waals surface area contributed by atoms with Gasteiger partial charge >= 0.3 is 0 Å². The molecule has 1 rings (SSSR count). The number of carbonyl (C=O) groups is 1. The van der Waals surface area contributed by atoms with Crippen LogP contribution in [0.3, 0.4) is 0 Å². The van der Waals surface area contributed by atoms with Crippen LogP contribution in [0.2, 0.25) is 0 Å². The highest BCUT2D eigenvalue weighted by molar-refractivity contribution is 9.10. The van der Waals surface area contributed by atoms with E-state index >= 15 is 0 Å². The van der Waals surface area contributed by atoms with Gasteiger partial charge in [-0.25, -0.2) is 8.78 Å². The standard InChI is InChI=1S/C14H18BrF2NO/c1-4-9(5-2)8(3)18-14(19)13-11(16)6-10(15)7-12(13)17/h6-9H,4-5H2,1-3H3,(H,18,19). The lowest BCUT2D eigenvalue weighted by Gasteiger charge is -2.22. The molecule has 2 nitrogen and oxygen atoms in total. The maximum atomic E-state index is 13.6. The minimum atomic E-state index is -0.860. The van der Waals surface area contributed by atoms with Gasteiger partial charge in [-0.3, -0.25) is 4.79 Å². The van der Waals surface area contributed by atoms with Gasteiger partial charge in [0.25, 0.3) is 5.91 Å². The number of carbonyl (C=O) groups excluding carboxylic acids is 1. The number of hydrogen-bond acceptors (Lipinski definition) is 1. The van der Waals surface area contributed by atoms with E-state index in [0.717, 1.165) is 25.0 Å². The molecule has 19 heavy (non-hydrogen) atoms. The van der Waals surface area contributed by atoms with Crippen LogP contribution in [0.1, 0.15) is 44.0 Å². The van der Waals surface area contributed by atoms with Crippen LogP contribution in [-0.4, -0.2) is 11.9 Å². The fraction of sp³-hybridized carbons (Fsp3) is 0.500. The molecule has 1 amide bonds. The molecule has 1 N–H and O–H groups in total. The van der Waals surface area contributed by atoms with E-state index in [1.165, 1.54) is 0 Å². The Kier molecular flexibility index (Phi) is 5.91. The van der Waals surface area contributed by atoms with Crippen LogP contribution < -0.4 is 5.32 Å². The molecule has 0 aliphatic rings. The van der Waals surface area contributed by atoms with Crippen molar-refractivity contribution in [1.29, 1.82) is 0 Å². The maximum Gasteiger partial charge on any atom is 0.257 e. The molecule has 0 fully saturated rings. The predicted octanol–water partition coefficient (Wildman–Crippen LogP) is 4.28. The van der Waals surface area contributed by atoms with Gasteiger partial charge in [0.2, 0.25) is 0 Å². The molecule has 0 spiro atoms. The van der Waals surface area contributed by atoms with E-state index in [9.17, 15) is 13.6 Å². The zero-order valence-electron chi connectivity index (χ0n) is 11.3. The lowest BCUT2D eigenvalue weighted by molar-refractivity contribution is 0.0916. The minimum absolute atomic E-state index is 0.120. The average Bonchev–Trinajstić information content (AvgIpc) is 2.28. The molecule has 0 aromatic heterocycles. The summed E-state index contributed by atoms with van der Waals surface area (Å²) < 4.78 is 27.6. The fourth-order valence-corrected chi connectivity index (χ4v) is 2.55. The van der Waals surface area contributed by atoms with Crippen LogP contribution in [0.25, 0.3) is 0 Å². The maximum absolute atomic E-state index is 13.6. The normalized spacial score (nSPS) is 12.6. The molecule has 5 heteroatoms. The van der Waals surface area contributed by atoms with Gasteiger partial charge in [0.05, 0.1) is 0 Å². The first-order chi connectivity index (χ1) is 8.90. The number of rotatable bonds is 5. The Morgan fingerprint density at radius 3 is 2.16 bits per heavy atom. The van der Waals surface area contributed by atoms with E-state index in [0.29, 0.717) is 5.92 Å². The van der Waals surface area contributed by atoms with Gasteiger partial charge in [0.1, 0.15) is 17.2 Å². The van der Waals surface area contributed by atoms with Crippen LogP contribution in [0, 0.1) is 17.6 Å². The summed E-state index contributed by atoms with van der Waals surface area (Å²) in [6.45, 7) is 5.90. The van der Waals surface area contributed by atoms with Crippen molar-refractivity contribution in [3.63, 3.8) is 0 Å². The second kappa shape index (κ2) is 6.98. The molecule has 1 atom stereocenters. The molecule has 1 aromatic rings. The first-order valence-corrected chi connectivity index (χ1v) is 7.15. The summed E-state index contributed by atoms with van der Waals surface area (Å²) in [6, 6.07) is 2.05. The Morgan fingerprint density at radius 2 is 1.74 bits per heavy atom. The van der Waals surface area contributed by atoms with Gasteiger partial charge in [-0.1, -0.05) is 42.6 Å². The number of halogens is 3. The minimum Gasteiger partial charge on any atom is -0.349 e. The fourth-order valence-electron chi connectivity index (χ4n) is 2.15. The van der Waals surface area contributed by atoms with E-state index in [2.05, 4.69) is 21.2 Å². The monoisotopic (exact) mass is 333 g/mol. The van der Waals surface area contributed by atoms with Gasteiger partial charge in [-0.2, -0.15) is 0 Å². The van der Waals surface area contributed by atoms with Crippen LogP contribution in [-0.2, 0) is 0 Å². The number of amides is 1. The first kappa shape index (κ1) is 16.1. The summed E-state index contributed by atoms with van der Waals surface area (Å²) in [4.78, 5) is 11.9. The summed E-state index contributed by atoms with van der Waals surface area (Å²) in [5.41, 5.74) is -0.527. The smallest absolute Gasteiger partial charge is 0.257 e. The summed E-state index contributed by atoms with van der Waals surface area (Å²) in [6.07, 6.45) is 1.81. The van der Waals surface area contributed by atoms with Crippen molar-refractivity contribution in [2.24, 2.45) is 5.92 Å². The van der Waals surface area contributed by atoms with Gasteiger partial charge in [-0.05, 0) is 25.0 Å². The molecule has 0 aliphatic carbocycles. The van der Waals surface area contributed by atoms with Crippen molar-refractivity contribution in [3.05, 3.63) is 33.8 Å². The second-order valence-electron chi connectivity index (χ2n) is 4.58. The van der Waals surface area contributed by atoms with Crippen LogP contribution in [0.4, 0.5) is 8.78 Å². The third-order valence-corrected chi connectivity index (χ3v) is 3.81. The summed E-state index contributed by atoms with van der Waals surface area (Å²) in [5, 5.41) is 2.66. The predicted molar refractivity (Wildman–Crippen MR) is 75.1 cm³/mol. The van der Waals surface area contributed by atoms with Crippen molar-refractivity contribution in [3.8, 4) is 0 Å². The van der Waals surface area contributed by atoms with Gasteiger partial charge in [-0.15, -0.1) is 0 Å². The molecule has 0 saturated carbocycles. The van der Waals surface area contributed by atoms with E-state index in [1.54, 1.807) is 0 Å². The Hall–Kier alpha value is -0.970. The summed E-state index contributed by atoms with van der Waals surface area (Å²) >= 11 is 2.98. The SMILES string of the molecule is CCC(CC)C(C)NC(=O)c1c(F)cc(Br)cc1F. The van der Waals surface area contributed by atoms with E-state index in [4.69, 9.17) is 0 Å². The molecule has 0 radical (unpaired) electrons. The number of nitrogens with one attached hydrogen (secondary N) is 1. The van der Waals surface area contributed by atoms with Crippen molar-refractivity contribution < 1.29 is 13.6 Å². The molecule has 0 saturated heterocycles. The first-order valence-electron chi connectivity index (χ1n) is 6.36. The topological polar surface area (TPSA) is 29.1 Å². The Balaban J connectivity index is 2.90. The van der Waals surface area contributed by atoms with Crippen molar-refractivity contribution in [2.45, 2.75) is 39.7 Å². The Labute approximate surface area is 120 Å². The molecule has 1 unspecified atom stereocenters. The molecular weight excluding hydrogens is 316 g/mol. The van der Waals surface area contributed by atoms with Crippen molar-refractivity contribution in [1.82, 2.24) is 5.32 Å². The Morgan fingerprint density at radius 1 is 1.26 bits per heavy atom. The highest BCUT2D eigenvalue weighted by atomic mass is 79.9. The number of hydrogen-bond donors (Lipinski definition) is 1. The summed E-state index contributed by atoms with van der Waals surface area (Å²) in [7, 11) is 0. The quantitative estimate of drug-likeness (QED) is 0.855. The molecule has 0 bridgehead atoms. The molecule has 1 aromatic carbocycles. The third-order valence-electron chi connectivity index (χ3n) is 3.35. The lowest BCUT2D eigenvalue weighted by Crippen LogP contribution is -2.38. The molecular formula is C14H18BrF2NO.